The molecule has 12 nitrogen and oxygen atoms in total. The number of hydrogen-bond acceptors (Lipinski definition) is 8. The van der Waals surface area contributed by atoms with Crippen molar-refractivity contribution in [3.63, 3.8) is 0 Å². The van der Waals surface area contributed by atoms with Gasteiger partial charge in [0.2, 0.25) is 11.8 Å². The van der Waals surface area contributed by atoms with E-state index in [1.165, 1.54) is 0 Å². The van der Waals surface area contributed by atoms with Crippen LogP contribution in [0.1, 0.15) is 48.7 Å². The van der Waals surface area contributed by atoms with Crippen LogP contribution in [-0.2, 0) is 12.8 Å². The van der Waals surface area contributed by atoms with Gasteiger partial charge in [0.05, 0.1) is 0 Å². The first-order valence-corrected chi connectivity index (χ1v) is 9.27. The molecule has 2 aromatic rings. The molecule has 0 aliphatic carbocycles. The van der Waals surface area contributed by atoms with E-state index in [4.69, 9.17) is 31.3 Å². The predicted molar refractivity (Wildman–Crippen MR) is 97.3 cm³/mol. The highest BCUT2D eigenvalue weighted by Gasteiger charge is 2.44. The first-order chi connectivity index (χ1) is 13.4. The van der Waals surface area contributed by atoms with Crippen LogP contribution in [0.3, 0.4) is 0 Å². The number of aryl methyl sites for hydroxylation is 1. The fraction of sp³-hybridized carbons (Fsp3) is 0.625. The molecule has 0 bridgehead atoms. The highest BCUT2D eigenvalue weighted by Crippen LogP contribution is 2.38. The maximum atomic E-state index is 7.86. The number of aromatic nitrogens is 4. The third-order valence-electron chi connectivity index (χ3n) is 5.36. The smallest absolute Gasteiger partial charge is 0.249 e. The van der Waals surface area contributed by atoms with Gasteiger partial charge in [-0.15, -0.1) is 0 Å². The lowest BCUT2D eigenvalue weighted by Crippen LogP contribution is -2.56. The number of hydrogen-bond donors (Lipinski definition) is 4. The van der Waals surface area contributed by atoms with Gasteiger partial charge < -0.3 is 30.3 Å². The Morgan fingerprint density at radius 2 is 1.93 bits per heavy atom. The molecule has 2 saturated heterocycles. The van der Waals surface area contributed by atoms with E-state index in [9.17, 15) is 0 Å². The summed E-state index contributed by atoms with van der Waals surface area (Å²) in [6, 6.07) is -0.105. The van der Waals surface area contributed by atoms with E-state index in [1.807, 2.05) is 4.90 Å². The van der Waals surface area contributed by atoms with Crippen LogP contribution in [0.15, 0.2) is 9.05 Å². The van der Waals surface area contributed by atoms with Crippen molar-refractivity contribution in [2.45, 2.75) is 57.2 Å². The quantitative estimate of drug-likeness (QED) is 0.398. The van der Waals surface area contributed by atoms with E-state index in [0.29, 0.717) is 42.7 Å². The van der Waals surface area contributed by atoms with Crippen LogP contribution in [0.5, 0.6) is 0 Å². The van der Waals surface area contributed by atoms with Gasteiger partial charge in [-0.2, -0.15) is 9.97 Å². The van der Waals surface area contributed by atoms with Gasteiger partial charge in [-0.25, -0.2) is 0 Å². The minimum atomic E-state index is -0.197. The van der Waals surface area contributed by atoms with Crippen molar-refractivity contribution in [2.75, 3.05) is 6.54 Å². The molecule has 12 heteroatoms. The lowest BCUT2D eigenvalue weighted by Gasteiger charge is -2.46. The number of nitrogens with two attached hydrogens (primary N) is 2. The molecule has 0 amide bonds. The lowest BCUT2D eigenvalue weighted by molar-refractivity contribution is 0.0641. The minimum Gasteiger partial charge on any atom is -0.370 e. The summed E-state index contributed by atoms with van der Waals surface area (Å²) >= 11 is 0. The van der Waals surface area contributed by atoms with Gasteiger partial charge in [0.1, 0.15) is 6.04 Å². The van der Waals surface area contributed by atoms with Gasteiger partial charge in [-0.3, -0.25) is 10.8 Å². The first-order valence-electron chi connectivity index (χ1n) is 9.27. The minimum absolute atomic E-state index is 0.0274. The Morgan fingerprint density at radius 1 is 1.11 bits per heavy atom. The zero-order valence-corrected chi connectivity index (χ0v) is 15.6. The fourth-order valence-electron chi connectivity index (χ4n) is 4.05. The topological polar surface area (TPSA) is 184 Å². The average molecular weight is 388 g/mol. The number of nitrogens with zero attached hydrogens (tertiary/aromatic N) is 6. The average Bonchev–Trinajstić information content (AvgIpc) is 3.32. The molecule has 0 spiro atoms. The third kappa shape index (κ3) is 3.37. The van der Waals surface area contributed by atoms with Gasteiger partial charge in [0.25, 0.3) is 0 Å². The molecule has 2 unspecified atom stereocenters. The van der Waals surface area contributed by atoms with Crippen molar-refractivity contribution in [2.24, 2.45) is 11.5 Å². The van der Waals surface area contributed by atoms with Crippen LogP contribution in [0.4, 0.5) is 0 Å². The summed E-state index contributed by atoms with van der Waals surface area (Å²) < 4.78 is 10.6. The second-order valence-electron chi connectivity index (χ2n) is 7.26. The largest absolute Gasteiger partial charge is 0.370 e. The van der Waals surface area contributed by atoms with E-state index in [2.05, 4.69) is 20.3 Å². The lowest BCUT2D eigenvalue weighted by atomic mass is 9.90. The van der Waals surface area contributed by atoms with Gasteiger partial charge in [0, 0.05) is 31.5 Å². The molecular weight excluding hydrogens is 364 g/mol. The molecule has 2 aromatic heterocycles. The number of guanidine groups is 2. The van der Waals surface area contributed by atoms with Crippen LogP contribution in [0, 0.1) is 17.7 Å². The molecule has 28 heavy (non-hydrogen) atoms. The SMILES string of the molecule is Cc1noc(C2CC(Cc3noc(C[C@@H]4CCCN4C(=N)N)n3)N2C(=N)N)n1. The maximum absolute atomic E-state index is 7.86. The van der Waals surface area contributed by atoms with Gasteiger partial charge in [-0.1, -0.05) is 10.3 Å². The molecule has 4 heterocycles. The summed E-state index contributed by atoms with van der Waals surface area (Å²) in [5.41, 5.74) is 11.4. The third-order valence-corrected chi connectivity index (χ3v) is 5.36. The van der Waals surface area contributed by atoms with Gasteiger partial charge in [0.15, 0.2) is 23.6 Å². The molecule has 4 rings (SSSR count). The van der Waals surface area contributed by atoms with E-state index in [-0.39, 0.29) is 30.0 Å². The molecule has 0 saturated carbocycles. The summed E-state index contributed by atoms with van der Waals surface area (Å²) in [4.78, 5) is 12.3. The predicted octanol–water partition coefficient (Wildman–Crippen LogP) is -0.0870. The van der Waals surface area contributed by atoms with Gasteiger partial charge >= 0.3 is 0 Å². The Balaban J connectivity index is 1.38. The summed E-state index contributed by atoms with van der Waals surface area (Å²) in [5, 5.41) is 23.4. The fourth-order valence-corrected chi connectivity index (χ4v) is 4.05. The Morgan fingerprint density at radius 3 is 2.61 bits per heavy atom. The van der Waals surface area contributed by atoms with E-state index in [0.717, 1.165) is 19.4 Å². The zero-order valence-electron chi connectivity index (χ0n) is 15.6. The molecule has 6 N–H and O–H groups in total. The molecular formula is C16H24N10O2. The van der Waals surface area contributed by atoms with Crippen molar-refractivity contribution >= 4 is 11.9 Å². The summed E-state index contributed by atoms with van der Waals surface area (Å²) in [5.74, 6) is 2.14. The molecule has 3 atom stereocenters. The standard InChI is InChI=1S/C16H24N10O2/c1-8-21-14(28-23-8)11-5-10(26(11)16(19)20)6-12-22-13(27-24-12)7-9-3-2-4-25(9)15(17)18/h9-11H,2-7H2,1H3,(H3,17,18)(H3,19,20)/t9-,10?,11?/m0/s1. The second-order valence-corrected chi connectivity index (χ2v) is 7.26. The monoisotopic (exact) mass is 388 g/mol. The first kappa shape index (κ1) is 18.2. The molecule has 0 radical (unpaired) electrons. The van der Waals surface area contributed by atoms with Crippen LogP contribution in [0.25, 0.3) is 0 Å². The van der Waals surface area contributed by atoms with Crippen LogP contribution in [0.2, 0.25) is 0 Å². The molecule has 0 aromatic carbocycles. The zero-order chi connectivity index (χ0) is 19.8. The van der Waals surface area contributed by atoms with Crippen LogP contribution in [-0.4, -0.2) is 60.6 Å². The van der Waals surface area contributed by atoms with E-state index < -0.39 is 0 Å². The maximum Gasteiger partial charge on any atom is 0.249 e. The van der Waals surface area contributed by atoms with E-state index >= 15 is 0 Å². The van der Waals surface area contributed by atoms with Crippen LogP contribution < -0.4 is 11.5 Å². The Kier molecular flexibility index (Phi) is 4.61. The molecule has 2 aliphatic heterocycles. The number of rotatable bonds is 5. The Bertz CT molecular complexity index is 876. The summed E-state index contributed by atoms with van der Waals surface area (Å²) in [6.07, 6.45) is 3.73. The van der Waals surface area contributed by atoms with Crippen molar-refractivity contribution in [1.29, 1.82) is 10.8 Å². The number of nitrogens with one attached hydrogen (secondary N) is 2. The summed E-state index contributed by atoms with van der Waals surface area (Å²) in [7, 11) is 0. The van der Waals surface area contributed by atoms with E-state index in [1.54, 1.807) is 11.8 Å². The highest BCUT2D eigenvalue weighted by molar-refractivity contribution is 5.76. The molecule has 2 fully saturated rings. The van der Waals surface area contributed by atoms with Crippen molar-refractivity contribution in [3.05, 3.63) is 23.4 Å². The Labute approximate surface area is 161 Å². The van der Waals surface area contributed by atoms with Crippen molar-refractivity contribution < 1.29 is 9.05 Å². The van der Waals surface area contributed by atoms with Crippen LogP contribution >= 0.6 is 0 Å². The van der Waals surface area contributed by atoms with Crippen molar-refractivity contribution in [1.82, 2.24) is 30.1 Å². The second kappa shape index (κ2) is 7.09. The van der Waals surface area contributed by atoms with Crippen molar-refractivity contribution in [3.8, 4) is 0 Å². The normalized spacial score (nSPS) is 24.4. The van der Waals surface area contributed by atoms with Gasteiger partial charge in [-0.05, 0) is 26.2 Å². The molecule has 2 aliphatic rings. The summed E-state index contributed by atoms with van der Waals surface area (Å²) in [6.45, 7) is 2.53. The Hall–Kier alpha value is -3.18. The molecule has 150 valence electrons. The highest BCUT2D eigenvalue weighted by atomic mass is 16.5. The number of likely N-dealkylation sites (tertiary alicyclic amines) is 2.